The van der Waals surface area contributed by atoms with E-state index in [0.717, 1.165) is 13.0 Å². The Morgan fingerprint density at radius 2 is 2.50 bits per heavy atom. The van der Waals surface area contributed by atoms with E-state index in [0.29, 0.717) is 12.1 Å². The molecular weight excluding hydrogens is 124 g/mol. The van der Waals surface area contributed by atoms with Crippen molar-refractivity contribution in [3.8, 4) is 0 Å². The topological polar surface area (TPSA) is 24.1 Å². The summed E-state index contributed by atoms with van der Waals surface area (Å²) in [6.07, 6.45) is 5.86. The first-order valence-corrected chi connectivity index (χ1v) is 3.69. The fraction of sp³-hybridized carbons (Fsp3) is 0.500. The lowest BCUT2D eigenvalue weighted by atomic mass is 9.95. The standard InChI is InChI=1S/C8H12N2/c1-6-4-7-2-3-9-8(7)10-5-6/h2-3,7-10H,1,4-5H2. The van der Waals surface area contributed by atoms with Crippen molar-refractivity contribution in [2.24, 2.45) is 5.92 Å². The molecule has 2 atom stereocenters. The van der Waals surface area contributed by atoms with E-state index in [1.807, 2.05) is 6.20 Å². The maximum atomic E-state index is 3.95. The van der Waals surface area contributed by atoms with Crippen LogP contribution in [0.5, 0.6) is 0 Å². The smallest absolute Gasteiger partial charge is 0.0833 e. The summed E-state index contributed by atoms with van der Waals surface area (Å²) in [5.74, 6) is 0.640. The molecule has 0 aromatic heterocycles. The van der Waals surface area contributed by atoms with Crippen molar-refractivity contribution >= 4 is 0 Å². The SMILES string of the molecule is C=C1CNC2NC=CC2C1. The van der Waals surface area contributed by atoms with Gasteiger partial charge in [0, 0.05) is 12.5 Å². The Morgan fingerprint density at radius 3 is 3.40 bits per heavy atom. The van der Waals surface area contributed by atoms with Crippen LogP contribution in [0.4, 0.5) is 0 Å². The molecular formula is C8H12N2. The van der Waals surface area contributed by atoms with Crippen LogP contribution in [0.15, 0.2) is 24.4 Å². The van der Waals surface area contributed by atoms with Gasteiger partial charge < -0.3 is 5.32 Å². The zero-order chi connectivity index (χ0) is 6.97. The minimum Gasteiger partial charge on any atom is -0.375 e. The highest BCUT2D eigenvalue weighted by molar-refractivity contribution is 5.13. The third kappa shape index (κ3) is 0.847. The van der Waals surface area contributed by atoms with Gasteiger partial charge in [0.1, 0.15) is 0 Å². The molecule has 1 fully saturated rings. The van der Waals surface area contributed by atoms with Crippen molar-refractivity contribution in [3.05, 3.63) is 24.4 Å². The van der Waals surface area contributed by atoms with Crippen molar-refractivity contribution in [1.82, 2.24) is 10.6 Å². The number of piperidine rings is 1. The predicted molar refractivity (Wildman–Crippen MR) is 41.3 cm³/mol. The maximum Gasteiger partial charge on any atom is 0.0833 e. The quantitative estimate of drug-likeness (QED) is 0.476. The third-order valence-corrected chi connectivity index (χ3v) is 2.14. The van der Waals surface area contributed by atoms with Crippen LogP contribution in [-0.2, 0) is 0 Å². The summed E-state index contributed by atoms with van der Waals surface area (Å²) in [6.45, 7) is 4.92. The average Bonchev–Trinajstić information content (AvgIpc) is 2.33. The molecule has 2 N–H and O–H groups in total. The molecule has 1 saturated heterocycles. The number of rotatable bonds is 0. The molecule has 0 saturated carbocycles. The molecule has 2 heteroatoms. The summed E-state index contributed by atoms with van der Waals surface area (Å²) >= 11 is 0. The first-order valence-electron chi connectivity index (χ1n) is 3.69. The number of fused-ring (bicyclic) bond motifs is 1. The molecule has 54 valence electrons. The second-order valence-corrected chi connectivity index (χ2v) is 3.00. The van der Waals surface area contributed by atoms with E-state index >= 15 is 0 Å². The lowest BCUT2D eigenvalue weighted by Gasteiger charge is -2.27. The van der Waals surface area contributed by atoms with Gasteiger partial charge in [-0.25, -0.2) is 0 Å². The minimum atomic E-state index is 0.477. The van der Waals surface area contributed by atoms with Gasteiger partial charge in [-0.3, -0.25) is 5.32 Å². The van der Waals surface area contributed by atoms with E-state index < -0.39 is 0 Å². The Morgan fingerprint density at radius 1 is 1.60 bits per heavy atom. The largest absolute Gasteiger partial charge is 0.375 e. The van der Waals surface area contributed by atoms with Crippen molar-refractivity contribution in [2.45, 2.75) is 12.6 Å². The van der Waals surface area contributed by atoms with Crippen LogP contribution < -0.4 is 10.6 Å². The first-order chi connectivity index (χ1) is 4.86. The Hall–Kier alpha value is -0.760. The highest BCUT2D eigenvalue weighted by atomic mass is 15.1. The van der Waals surface area contributed by atoms with Crippen molar-refractivity contribution in [1.29, 1.82) is 0 Å². The van der Waals surface area contributed by atoms with E-state index in [-0.39, 0.29) is 0 Å². The molecule has 0 spiro atoms. The normalized spacial score (nSPS) is 37.4. The molecule has 2 nitrogen and oxygen atoms in total. The zero-order valence-electron chi connectivity index (χ0n) is 5.93. The summed E-state index contributed by atoms with van der Waals surface area (Å²) in [7, 11) is 0. The zero-order valence-corrected chi connectivity index (χ0v) is 5.93. The van der Waals surface area contributed by atoms with Gasteiger partial charge in [-0.05, 0) is 12.6 Å². The average molecular weight is 136 g/mol. The number of nitrogens with one attached hydrogen (secondary N) is 2. The summed E-state index contributed by atoms with van der Waals surface area (Å²) in [5.41, 5.74) is 1.31. The van der Waals surface area contributed by atoms with E-state index in [4.69, 9.17) is 0 Å². The molecule has 2 heterocycles. The number of hydrogen-bond donors (Lipinski definition) is 2. The Labute approximate surface area is 61.0 Å². The Bertz CT molecular complexity index is 184. The third-order valence-electron chi connectivity index (χ3n) is 2.14. The van der Waals surface area contributed by atoms with Gasteiger partial charge in [-0.15, -0.1) is 0 Å². The van der Waals surface area contributed by atoms with Crippen LogP contribution in [0.25, 0.3) is 0 Å². The highest BCUT2D eigenvalue weighted by Gasteiger charge is 2.26. The van der Waals surface area contributed by atoms with Gasteiger partial charge in [-0.1, -0.05) is 18.2 Å². The van der Waals surface area contributed by atoms with Crippen LogP contribution in [0.3, 0.4) is 0 Å². The number of hydrogen-bond acceptors (Lipinski definition) is 2. The maximum absolute atomic E-state index is 3.95. The lowest BCUT2D eigenvalue weighted by molar-refractivity contribution is 0.371. The Balaban J connectivity index is 2.08. The molecule has 0 aromatic rings. The summed E-state index contributed by atoms with van der Waals surface area (Å²) in [5, 5.41) is 6.60. The van der Waals surface area contributed by atoms with Gasteiger partial charge >= 0.3 is 0 Å². The molecule has 2 rings (SSSR count). The fourth-order valence-corrected chi connectivity index (χ4v) is 1.57. The van der Waals surface area contributed by atoms with E-state index in [1.165, 1.54) is 5.57 Å². The van der Waals surface area contributed by atoms with E-state index in [1.54, 1.807) is 0 Å². The monoisotopic (exact) mass is 136 g/mol. The van der Waals surface area contributed by atoms with Crippen molar-refractivity contribution in [3.63, 3.8) is 0 Å². The molecule has 0 bridgehead atoms. The molecule has 0 aromatic carbocycles. The van der Waals surface area contributed by atoms with Gasteiger partial charge in [0.25, 0.3) is 0 Å². The van der Waals surface area contributed by atoms with Gasteiger partial charge in [0.15, 0.2) is 0 Å². The highest BCUT2D eigenvalue weighted by Crippen LogP contribution is 2.22. The second kappa shape index (κ2) is 2.13. The van der Waals surface area contributed by atoms with Gasteiger partial charge in [0.05, 0.1) is 6.17 Å². The Kier molecular flexibility index (Phi) is 1.27. The minimum absolute atomic E-state index is 0.477. The first kappa shape index (κ1) is 5.98. The van der Waals surface area contributed by atoms with Crippen LogP contribution in [0.2, 0.25) is 0 Å². The predicted octanol–water partition coefficient (Wildman–Crippen LogP) is 0.595. The molecule has 2 aliphatic heterocycles. The van der Waals surface area contributed by atoms with Crippen LogP contribution in [0.1, 0.15) is 6.42 Å². The van der Waals surface area contributed by atoms with E-state index in [2.05, 4.69) is 23.3 Å². The summed E-state index contributed by atoms with van der Waals surface area (Å²) in [4.78, 5) is 0. The van der Waals surface area contributed by atoms with Crippen molar-refractivity contribution < 1.29 is 0 Å². The van der Waals surface area contributed by atoms with Gasteiger partial charge in [-0.2, -0.15) is 0 Å². The summed E-state index contributed by atoms with van der Waals surface area (Å²) < 4.78 is 0. The molecule has 2 unspecified atom stereocenters. The van der Waals surface area contributed by atoms with Gasteiger partial charge in [0.2, 0.25) is 0 Å². The van der Waals surface area contributed by atoms with E-state index in [9.17, 15) is 0 Å². The molecule has 10 heavy (non-hydrogen) atoms. The summed E-state index contributed by atoms with van der Waals surface area (Å²) in [6, 6.07) is 0. The lowest BCUT2D eigenvalue weighted by Crippen LogP contribution is -2.46. The van der Waals surface area contributed by atoms with Crippen molar-refractivity contribution in [2.75, 3.05) is 6.54 Å². The van der Waals surface area contributed by atoms with Crippen LogP contribution in [0, 0.1) is 5.92 Å². The van der Waals surface area contributed by atoms with Crippen LogP contribution in [-0.4, -0.2) is 12.7 Å². The van der Waals surface area contributed by atoms with Crippen LogP contribution >= 0.6 is 0 Å². The molecule has 0 aliphatic carbocycles. The molecule has 0 amide bonds. The fourth-order valence-electron chi connectivity index (χ4n) is 1.57. The molecule has 2 aliphatic rings. The molecule has 0 radical (unpaired) electrons. The second-order valence-electron chi connectivity index (χ2n) is 3.00.